The van der Waals surface area contributed by atoms with E-state index in [0.29, 0.717) is 12.0 Å². The number of rotatable bonds is 2. The molecule has 1 N–H and O–H groups in total. The second-order valence-corrected chi connectivity index (χ2v) is 2.73. The zero-order chi connectivity index (χ0) is 9.44. The third kappa shape index (κ3) is 5.94. The van der Waals surface area contributed by atoms with E-state index >= 15 is 0 Å². The van der Waals surface area contributed by atoms with Crippen molar-refractivity contribution in [1.82, 2.24) is 4.90 Å². The first-order chi connectivity index (χ1) is 5.09. The van der Waals surface area contributed by atoms with Crippen LogP contribution in [0.3, 0.4) is 0 Å². The highest BCUT2D eigenvalue weighted by atomic mass is 32.2. The molecule has 0 aromatic rings. The average molecular weight is 177 g/mol. The van der Waals surface area contributed by atoms with Gasteiger partial charge in [0.2, 0.25) is 5.91 Å². The molecule has 0 saturated carbocycles. The normalized spacial score (nSPS) is 10.9. The molecule has 1 unspecified atom stereocenters. The van der Waals surface area contributed by atoms with E-state index in [1.165, 1.54) is 11.8 Å². The lowest BCUT2D eigenvalue weighted by molar-refractivity contribution is -0.127. The Bertz CT molecular complexity index is 119. The molecule has 0 aromatic heterocycles. The number of carbonyl (C=O) groups is 1. The molecule has 11 heavy (non-hydrogen) atoms. The molecule has 0 radical (unpaired) electrons. The Hall–Kier alpha value is -0.480. The van der Waals surface area contributed by atoms with Gasteiger partial charge in [0.1, 0.15) is 5.37 Å². The maximum absolute atomic E-state index is 10.5. The molecule has 0 aliphatic rings. The zero-order valence-corrected chi connectivity index (χ0v) is 8.02. The predicted molar refractivity (Wildman–Crippen MR) is 49.4 cm³/mol. The van der Waals surface area contributed by atoms with Gasteiger partial charge in [-0.2, -0.15) is 0 Å². The minimum atomic E-state index is -0.150. The highest BCUT2D eigenvalue weighted by Crippen LogP contribution is 2.07. The Morgan fingerprint density at radius 2 is 2.00 bits per heavy atom. The lowest BCUT2D eigenvalue weighted by Gasteiger charge is -2.19. The van der Waals surface area contributed by atoms with Crippen molar-refractivity contribution in [3.05, 3.63) is 13.2 Å². The van der Waals surface area contributed by atoms with Crippen molar-refractivity contribution in [2.45, 2.75) is 19.2 Å². The standard InChI is InChI=1S/C5H11NO2S.C2H4/c1-4(7)6(3)5(2)9-8;1-2/h5,8H,1-3H3;1-2H2. The van der Waals surface area contributed by atoms with Crippen molar-refractivity contribution in [3.63, 3.8) is 0 Å². The minimum Gasteiger partial charge on any atom is -0.332 e. The summed E-state index contributed by atoms with van der Waals surface area (Å²) in [7, 11) is 1.65. The van der Waals surface area contributed by atoms with Gasteiger partial charge in [-0.05, 0) is 6.92 Å². The quantitative estimate of drug-likeness (QED) is 0.397. The Morgan fingerprint density at radius 1 is 1.64 bits per heavy atom. The van der Waals surface area contributed by atoms with Gasteiger partial charge in [0.15, 0.2) is 0 Å². The van der Waals surface area contributed by atoms with Crippen LogP contribution in [0.4, 0.5) is 0 Å². The van der Waals surface area contributed by atoms with Gasteiger partial charge in [0.25, 0.3) is 0 Å². The molecule has 3 nitrogen and oxygen atoms in total. The van der Waals surface area contributed by atoms with Gasteiger partial charge < -0.3 is 9.45 Å². The van der Waals surface area contributed by atoms with Crippen LogP contribution in [0.1, 0.15) is 13.8 Å². The van der Waals surface area contributed by atoms with Gasteiger partial charge in [-0.3, -0.25) is 4.79 Å². The molecule has 0 saturated heterocycles. The largest absolute Gasteiger partial charge is 0.332 e. The number of hydrogen-bond donors (Lipinski definition) is 1. The van der Waals surface area contributed by atoms with E-state index in [2.05, 4.69) is 13.2 Å². The first kappa shape index (κ1) is 13.1. The fourth-order valence-corrected chi connectivity index (χ4v) is 0.617. The first-order valence-corrected chi connectivity index (χ1v) is 3.97. The van der Waals surface area contributed by atoms with Crippen molar-refractivity contribution in [3.8, 4) is 0 Å². The van der Waals surface area contributed by atoms with Crippen LogP contribution in [0, 0.1) is 0 Å². The molecule has 0 aromatic carbocycles. The highest BCUT2D eigenvalue weighted by molar-refractivity contribution is 7.94. The van der Waals surface area contributed by atoms with Crippen LogP contribution in [0.15, 0.2) is 13.2 Å². The van der Waals surface area contributed by atoms with Gasteiger partial charge in [-0.15, -0.1) is 13.2 Å². The van der Waals surface area contributed by atoms with Gasteiger partial charge in [0, 0.05) is 26.0 Å². The van der Waals surface area contributed by atoms with E-state index in [1.54, 1.807) is 14.0 Å². The molecule has 0 rings (SSSR count). The lowest BCUT2D eigenvalue weighted by atomic mass is 10.5. The molecule has 0 fully saturated rings. The number of hydrogen-bond acceptors (Lipinski definition) is 3. The Morgan fingerprint density at radius 3 is 2.09 bits per heavy atom. The monoisotopic (exact) mass is 177 g/mol. The number of amides is 1. The predicted octanol–water partition coefficient (Wildman–Crippen LogP) is 1.82. The second kappa shape index (κ2) is 7.63. The van der Waals surface area contributed by atoms with Crippen LogP contribution in [0.5, 0.6) is 0 Å². The third-order valence-electron chi connectivity index (χ3n) is 1.19. The molecule has 0 aliphatic carbocycles. The van der Waals surface area contributed by atoms with Crippen molar-refractivity contribution in [1.29, 1.82) is 0 Å². The summed E-state index contributed by atoms with van der Waals surface area (Å²) in [5.74, 6) is -0.0379. The molecule has 0 spiro atoms. The van der Waals surface area contributed by atoms with Gasteiger partial charge in [-0.25, -0.2) is 0 Å². The summed E-state index contributed by atoms with van der Waals surface area (Å²) in [5.41, 5.74) is 0. The molecule has 0 bridgehead atoms. The van der Waals surface area contributed by atoms with Gasteiger partial charge in [-0.1, -0.05) is 0 Å². The summed E-state index contributed by atoms with van der Waals surface area (Å²) in [6.45, 7) is 9.22. The van der Waals surface area contributed by atoms with E-state index in [4.69, 9.17) is 4.55 Å². The Balaban J connectivity index is 0. The zero-order valence-electron chi connectivity index (χ0n) is 7.20. The molecule has 1 amide bonds. The van der Waals surface area contributed by atoms with Gasteiger partial charge >= 0.3 is 0 Å². The average Bonchev–Trinajstić information content (AvgIpc) is 2.05. The number of nitrogens with zero attached hydrogens (tertiary/aromatic N) is 1. The van der Waals surface area contributed by atoms with Crippen LogP contribution >= 0.6 is 12.0 Å². The summed E-state index contributed by atoms with van der Waals surface area (Å²) in [4.78, 5) is 12.0. The highest BCUT2D eigenvalue weighted by Gasteiger charge is 2.09. The van der Waals surface area contributed by atoms with Crippen LogP contribution in [-0.4, -0.2) is 27.8 Å². The second-order valence-electron chi connectivity index (χ2n) is 1.83. The molecule has 66 valence electrons. The fraction of sp³-hybridized carbons (Fsp3) is 0.571. The maximum atomic E-state index is 10.5. The molecule has 1 atom stereocenters. The lowest BCUT2D eigenvalue weighted by Crippen LogP contribution is -2.30. The van der Waals surface area contributed by atoms with Crippen molar-refractivity contribution >= 4 is 17.9 Å². The summed E-state index contributed by atoms with van der Waals surface area (Å²) in [6, 6.07) is 0. The van der Waals surface area contributed by atoms with E-state index in [-0.39, 0.29) is 11.3 Å². The molecule has 0 heterocycles. The van der Waals surface area contributed by atoms with Crippen molar-refractivity contribution in [2.24, 2.45) is 0 Å². The molecular weight excluding hydrogens is 162 g/mol. The van der Waals surface area contributed by atoms with E-state index in [9.17, 15) is 4.79 Å². The summed E-state index contributed by atoms with van der Waals surface area (Å²) in [5, 5.41) is -0.150. The summed E-state index contributed by atoms with van der Waals surface area (Å²) >= 11 is 0.666. The van der Waals surface area contributed by atoms with E-state index in [0.717, 1.165) is 0 Å². The van der Waals surface area contributed by atoms with Crippen LogP contribution in [0.25, 0.3) is 0 Å². The van der Waals surface area contributed by atoms with E-state index < -0.39 is 0 Å². The third-order valence-corrected chi connectivity index (χ3v) is 1.82. The van der Waals surface area contributed by atoms with Crippen molar-refractivity contribution < 1.29 is 9.35 Å². The summed E-state index contributed by atoms with van der Waals surface area (Å²) in [6.07, 6.45) is 0. The molecular formula is C7H15NO2S. The maximum Gasteiger partial charge on any atom is 0.220 e. The SMILES string of the molecule is C=C.CC(=O)N(C)C(C)SO. The summed E-state index contributed by atoms with van der Waals surface area (Å²) < 4.78 is 8.48. The minimum absolute atomic E-state index is 0.0379. The topological polar surface area (TPSA) is 40.5 Å². The molecule has 0 aliphatic heterocycles. The Kier molecular flexibility index (Phi) is 9.10. The fourth-order valence-electron chi connectivity index (χ4n) is 0.327. The Labute approximate surface area is 72.3 Å². The van der Waals surface area contributed by atoms with E-state index in [1.807, 2.05) is 0 Å². The van der Waals surface area contributed by atoms with Gasteiger partial charge in [0.05, 0.1) is 0 Å². The van der Waals surface area contributed by atoms with Crippen LogP contribution in [-0.2, 0) is 4.79 Å². The van der Waals surface area contributed by atoms with Crippen LogP contribution < -0.4 is 0 Å². The van der Waals surface area contributed by atoms with Crippen LogP contribution in [0.2, 0.25) is 0 Å². The van der Waals surface area contributed by atoms with Crippen molar-refractivity contribution in [2.75, 3.05) is 7.05 Å². The number of carbonyl (C=O) groups excluding carboxylic acids is 1. The smallest absolute Gasteiger partial charge is 0.220 e. The first-order valence-electron chi connectivity index (χ1n) is 3.13. The molecule has 4 heteroatoms.